The number of benzene rings is 10. The van der Waals surface area contributed by atoms with Crippen LogP contribution in [0.2, 0.25) is 0 Å². The normalized spacial score (nSPS) is 11.6. The predicted octanol–water partition coefficient (Wildman–Crippen LogP) is 16.5. The largest absolute Gasteiger partial charge is 0.277 e. The van der Waals surface area contributed by atoms with Gasteiger partial charge in [0.25, 0.3) is 0 Å². The van der Waals surface area contributed by atoms with Crippen molar-refractivity contribution in [2.45, 2.75) is 13.8 Å². The molecule has 13 aromatic rings. The van der Waals surface area contributed by atoms with E-state index in [2.05, 4.69) is 205 Å². The molecule has 0 saturated heterocycles. The van der Waals surface area contributed by atoms with Crippen LogP contribution in [0.5, 0.6) is 0 Å². The van der Waals surface area contributed by atoms with E-state index in [0.29, 0.717) is 17.6 Å². The molecule has 0 aliphatic heterocycles. The summed E-state index contributed by atoms with van der Waals surface area (Å²) in [5.41, 5.74) is 8.55. The fourth-order valence-corrected chi connectivity index (χ4v) is 10.7. The summed E-state index contributed by atoms with van der Waals surface area (Å²) in [6.07, 6.45) is 0. The molecule has 0 amide bonds. The summed E-state index contributed by atoms with van der Waals surface area (Å²) in [7, 11) is 0. The van der Waals surface area contributed by atoms with E-state index in [9.17, 15) is 0 Å². The Morgan fingerprint density at radius 1 is 0.344 bits per heavy atom. The van der Waals surface area contributed by atoms with Crippen LogP contribution in [0.15, 0.2) is 206 Å². The van der Waals surface area contributed by atoms with Crippen LogP contribution in [0.25, 0.3) is 125 Å². The Balaban J connectivity index is 0.00000214. The molecule has 13 rings (SSSR count). The van der Waals surface area contributed by atoms with Gasteiger partial charge < -0.3 is 0 Å². The van der Waals surface area contributed by atoms with Crippen LogP contribution in [0.3, 0.4) is 0 Å². The number of rotatable bonds is 5. The highest BCUT2D eigenvalue weighted by Crippen LogP contribution is 2.46. The minimum absolute atomic E-state index is 0.570. The fraction of sp³-hybridized carbons (Fsp3) is 0.0339. The summed E-state index contributed by atoms with van der Waals surface area (Å²) in [5, 5.41) is 12.0. The zero-order chi connectivity index (χ0) is 42.7. The Kier molecular flexibility index (Phi) is 9.09. The molecule has 0 unspecified atom stereocenters. The SMILES string of the molecule is CC.c1ccc(-c2ccc(-c3nc(-c4ccc5ccccc5c4)nc(-n4c5c(-c6ccc7c(c6)sc6ccccc67)cccc5c5c6ccccc6c6ccccc6c54)n3)cc2)cc1. The second kappa shape index (κ2) is 15.4. The molecule has 0 atom stereocenters. The summed E-state index contributed by atoms with van der Waals surface area (Å²) >= 11 is 1.84. The molecule has 0 fully saturated rings. The smallest absolute Gasteiger partial charge is 0.238 e. The first kappa shape index (κ1) is 37.7. The van der Waals surface area contributed by atoms with Crippen molar-refractivity contribution in [1.82, 2.24) is 19.5 Å². The highest BCUT2D eigenvalue weighted by atomic mass is 32.1. The van der Waals surface area contributed by atoms with E-state index in [-0.39, 0.29) is 0 Å². The van der Waals surface area contributed by atoms with Gasteiger partial charge in [0.2, 0.25) is 5.95 Å². The number of hydrogen-bond acceptors (Lipinski definition) is 4. The summed E-state index contributed by atoms with van der Waals surface area (Å²) in [6.45, 7) is 4.00. The summed E-state index contributed by atoms with van der Waals surface area (Å²) in [4.78, 5) is 16.2. The minimum Gasteiger partial charge on any atom is -0.277 e. The first-order chi connectivity index (χ1) is 31.7. The Morgan fingerprint density at radius 3 is 1.70 bits per heavy atom. The van der Waals surface area contributed by atoms with Gasteiger partial charge in [-0.3, -0.25) is 4.57 Å². The average molecular weight is 837 g/mol. The fourth-order valence-electron chi connectivity index (χ4n) is 9.55. The number of aromatic nitrogens is 4. The molecule has 3 aromatic heterocycles. The van der Waals surface area contributed by atoms with E-state index in [4.69, 9.17) is 15.0 Å². The van der Waals surface area contributed by atoms with Crippen LogP contribution in [0.1, 0.15) is 13.8 Å². The maximum absolute atomic E-state index is 5.49. The van der Waals surface area contributed by atoms with Crippen molar-refractivity contribution < 1.29 is 0 Å². The molecule has 5 heteroatoms. The summed E-state index contributed by atoms with van der Waals surface area (Å²) in [5.74, 6) is 1.80. The van der Waals surface area contributed by atoms with Gasteiger partial charge in [-0.05, 0) is 61.8 Å². The molecular weight excluding hydrogens is 797 g/mol. The number of thiophene rings is 1. The molecule has 3 heterocycles. The first-order valence-electron chi connectivity index (χ1n) is 21.9. The van der Waals surface area contributed by atoms with E-state index < -0.39 is 0 Å². The second-order valence-corrected chi connectivity index (χ2v) is 17.0. The maximum atomic E-state index is 5.49. The summed E-state index contributed by atoms with van der Waals surface area (Å²) < 4.78 is 4.89. The van der Waals surface area contributed by atoms with Gasteiger partial charge >= 0.3 is 0 Å². The van der Waals surface area contributed by atoms with E-state index in [0.717, 1.165) is 60.6 Å². The highest BCUT2D eigenvalue weighted by molar-refractivity contribution is 7.25. The maximum Gasteiger partial charge on any atom is 0.238 e. The Morgan fingerprint density at radius 2 is 0.906 bits per heavy atom. The van der Waals surface area contributed by atoms with Crippen molar-refractivity contribution in [1.29, 1.82) is 0 Å². The second-order valence-electron chi connectivity index (χ2n) is 15.9. The molecule has 0 aliphatic carbocycles. The lowest BCUT2D eigenvalue weighted by Gasteiger charge is -2.14. The van der Waals surface area contributed by atoms with Gasteiger partial charge in [0.05, 0.1) is 11.0 Å². The van der Waals surface area contributed by atoms with E-state index in [1.807, 2.05) is 31.3 Å². The highest BCUT2D eigenvalue weighted by Gasteiger charge is 2.24. The third-order valence-electron chi connectivity index (χ3n) is 12.4. The van der Waals surface area contributed by atoms with E-state index in [1.165, 1.54) is 47.1 Å². The van der Waals surface area contributed by atoms with Crippen molar-refractivity contribution in [3.63, 3.8) is 0 Å². The van der Waals surface area contributed by atoms with Crippen LogP contribution in [-0.4, -0.2) is 19.5 Å². The van der Waals surface area contributed by atoms with Gasteiger partial charge in [0.1, 0.15) is 0 Å². The van der Waals surface area contributed by atoms with Crippen molar-refractivity contribution in [2.75, 3.05) is 0 Å². The molecule has 64 heavy (non-hydrogen) atoms. The topological polar surface area (TPSA) is 43.6 Å². The number of hydrogen-bond donors (Lipinski definition) is 0. The lowest BCUT2D eigenvalue weighted by Crippen LogP contribution is -2.07. The predicted molar refractivity (Wildman–Crippen MR) is 273 cm³/mol. The number of para-hydroxylation sites is 1. The number of nitrogens with zero attached hydrogens (tertiary/aromatic N) is 4. The quantitative estimate of drug-likeness (QED) is 0.162. The van der Waals surface area contributed by atoms with Crippen LogP contribution in [0, 0.1) is 0 Å². The van der Waals surface area contributed by atoms with Gasteiger partial charge in [-0.1, -0.05) is 202 Å². The molecule has 0 N–H and O–H groups in total. The number of fused-ring (bicyclic) bond motifs is 12. The molecule has 4 nitrogen and oxygen atoms in total. The average Bonchev–Trinajstić information content (AvgIpc) is 3.93. The van der Waals surface area contributed by atoms with Gasteiger partial charge in [-0.2, -0.15) is 9.97 Å². The van der Waals surface area contributed by atoms with Crippen molar-refractivity contribution in [3.05, 3.63) is 206 Å². The monoisotopic (exact) mass is 836 g/mol. The minimum atomic E-state index is 0.570. The molecule has 10 aromatic carbocycles. The standard InChI is InChI=1S/C57H34N4S.C2H6/c1-2-13-35(14-3-1)37-25-28-38(29-26-37)55-58-56(41-30-27-36-15-4-5-16-39(36)33-41)60-57(59-55)61-53-42(40-31-32-46-45-19-10-11-24-50(45)62-51(46)34-40)22-12-23-49(53)52-47-20-8-6-17-43(47)44-18-7-9-21-48(44)54(52)61;1-2/h1-34H;1-2H3. The molecule has 302 valence electrons. The first-order valence-corrected chi connectivity index (χ1v) is 22.7. The molecule has 0 radical (unpaired) electrons. The van der Waals surface area contributed by atoms with Crippen LogP contribution in [-0.2, 0) is 0 Å². The molecule has 0 saturated carbocycles. The Bertz CT molecular complexity index is 3920. The van der Waals surface area contributed by atoms with Crippen molar-refractivity contribution >= 4 is 85.6 Å². The van der Waals surface area contributed by atoms with Gasteiger partial charge in [-0.15, -0.1) is 11.3 Å². The zero-order valence-electron chi connectivity index (χ0n) is 35.3. The zero-order valence-corrected chi connectivity index (χ0v) is 36.1. The van der Waals surface area contributed by atoms with E-state index in [1.54, 1.807) is 0 Å². The van der Waals surface area contributed by atoms with Crippen LogP contribution >= 0.6 is 11.3 Å². The van der Waals surface area contributed by atoms with Crippen molar-refractivity contribution in [2.24, 2.45) is 0 Å². The molecule has 0 spiro atoms. The lowest BCUT2D eigenvalue weighted by molar-refractivity contribution is 0.956. The van der Waals surface area contributed by atoms with Crippen molar-refractivity contribution in [3.8, 4) is 51.0 Å². The Labute approximate surface area is 374 Å². The van der Waals surface area contributed by atoms with Gasteiger partial charge in [0.15, 0.2) is 11.6 Å². The van der Waals surface area contributed by atoms with E-state index >= 15 is 0 Å². The summed E-state index contributed by atoms with van der Waals surface area (Å²) in [6, 6.07) is 73.9. The Hall–Kier alpha value is -7.99. The van der Waals surface area contributed by atoms with Gasteiger partial charge in [0, 0.05) is 53.0 Å². The van der Waals surface area contributed by atoms with Gasteiger partial charge in [-0.25, -0.2) is 4.98 Å². The third kappa shape index (κ3) is 6.08. The molecular formula is C59H40N4S. The van der Waals surface area contributed by atoms with Crippen LogP contribution in [0.4, 0.5) is 0 Å². The molecule has 0 aliphatic rings. The van der Waals surface area contributed by atoms with Crippen LogP contribution < -0.4 is 0 Å². The third-order valence-corrected chi connectivity index (χ3v) is 13.6. The molecule has 0 bridgehead atoms. The lowest BCUT2D eigenvalue weighted by atomic mass is 9.96.